The molecule has 1 saturated carbocycles. The fraction of sp³-hybridized carbons (Fsp3) is 0.593. The number of likely N-dealkylation sites (N-methyl/N-ethyl adjacent to an activating group) is 1. The summed E-state index contributed by atoms with van der Waals surface area (Å²) in [6.07, 6.45) is 13.0. The molecule has 2 aliphatic heterocycles. The van der Waals surface area contributed by atoms with Crippen LogP contribution in [-0.2, 0) is 16.1 Å². The molecule has 0 spiro atoms. The molecule has 1 atom stereocenters. The Kier molecular flexibility index (Phi) is 8.38. The second-order valence-electron chi connectivity index (χ2n) is 10.2. The van der Waals surface area contributed by atoms with Crippen molar-refractivity contribution in [2.24, 2.45) is 22.7 Å². The lowest BCUT2D eigenvalue weighted by Gasteiger charge is -2.38. The van der Waals surface area contributed by atoms with Crippen LogP contribution < -0.4 is 4.90 Å². The number of carbonyl (C=O) groups is 2. The third-order valence-corrected chi connectivity index (χ3v) is 7.60. The van der Waals surface area contributed by atoms with Gasteiger partial charge in [-0.2, -0.15) is 0 Å². The van der Waals surface area contributed by atoms with E-state index in [1.165, 1.54) is 37.7 Å². The van der Waals surface area contributed by atoms with E-state index < -0.39 is 5.97 Å². The first-order chi connectivity index (χ1) is 16.5. The molecule has 34 heavy (non-hydrogen) atoms. The normalized spacial score (nSPS) is 21.6. The maximum Gasteiger partial charge on any atom is 0.303 e. The molecule has 0 bridgehead atoms. The van der Waals surface area contributed by atoms with Gasteiger partial charge in [0, 0.05) is 51.7 Å². The topological polar surface area (TPSA) is 76.5 Å². The number of hydrogen-bond donors (Lipinski definition) is 1. The highest BCUT2D eigenvalue weighted by molar-refractivity contribution is 5.67. The Morgan fingerprint density at radius 2 is 1.88 bits per heavy atom. The van der Waals surface area contributed by atoms with Crippen LogP contribution in [0.3, 0.4) is 0 Å². The SMILES string of the molecule is CN(CCN(C=O)C1=CC(C2CCCCC2)CC=N1)c1ccc(CN2CC(CC(=O)O)C2)cc1. The Balaban J connectivity index is 1.25. The van der Waals surface area contributed by atoms with Crippen LogP contribution in [0.25, 0.3) is 0 Å². The summed E-state index contributed by atoms with van der Waals surface area (Å²) in [5, 5.41) is 8.89. The number of anilines is 1. The van der Waals surface area contributed by atoms with E-state index in [2.05, 4.69) is 45.1 Å². The van der Waals surface area contributed by atoms with E-state index in [0.717, 1.165) is 56.4 Å². The molecule has 4 rings (SSSR count). The van der Waals surface area contributed by atoms with Gasteiger partial charge in [0.2, 0.25) is 6.41 Å². The van der Waals surface area contributed by atoms with Crippen molar-refractivity contribution in [2.45, 2.75) is 51.5 Å². The van der Waals surface area contributed by atoms with Gasteiger partial charge in [-0.25, -0.2) is 4.99 Å². The van der Waals surface area contributed by atoms with Crippen LogP contribution in [0, 0.1) is 17.8 Å². The fourth-order valence-electron chi connectivity index (χ4n) is 5.54. The molecule has 1 aromatic carbocycles. The number of aliphatic imine (C=N–C) groups is 1. The van der Waals surface area contributed by atoms with Gasteiger partial charge >= 0.3 is 5.97 Å². The minimum Gasteiger partial charge on any atom is -0.481 e. The zero-order chi connectivity index (χ0) is 23.9. The van der Waals surface area contributed by atoms with Crippen molar-refractivity contribution in [3.05, 3.63) is 41.7 Å². The van der Waals surface area contributed by atoms with Crippen molar-refractivity contribution in [1.82, 2.24) is 9.80 Å². The first kappa shape index (κ1) is 24.5. The highest BCUT2D eigenvalue weighted by atomic mass is 16.4. The minimum absolute atomic E-state index is 0.265. The molecule has 7 heteroatoms. The van der Waals surface area contributed by atoms with Crippen LogP contribution in [0.5, 0.6) is 0 Å². The maximum absolute atomic E-state index is 11.9. The number of allylic oxidation sites excluding steroid dienone is 1. The van der Waals surface area contributed by atoms with Gasteiger partial charge in [0.1, 0.15) is 5.82 Å². The number of hydrogen-bond acceptors (Lipinski definition) is 5. The van der Waals surface area contributed by atoms with Crippen LogP contribution in [0.4, 0.5) is 5.69 Å². The lowest BCUT2D eigenvalue weighted by atomic mass is 9.78. The number of nitrogens with zero attached hydrogens (tertiary/aromatic N) is 4. The van der Waals surface area contributed by atoms with Crippen LogP contribution in [-0.4, -0.2) is 66.7 Å². The van der Waals surface area contributed by atoms with Gasteiger partial charge in [0.25, 0.3) is 0 Å². The molecular weight excluding hydrogens is 428 g/mol. The highest BCUT2D eigenvalue weighted by Crippen LogP contribution is 2.34. The van der Waals surface area contributed by atoms with Crippen LogP contribution >= 0.6 is 0 Å². The number of likely N-dealkylation sites (tertiary alicyclic amines) is 1. The predicted molar refractivity (Wildman–Crippen MR) is 135 cm³/mol. The molecule has 1 aliphatic carbocycles. The molecule has 1 amide bonds. The average molecular weight is 467 g/mol. The fourth-order valence-corrected chi connectivity index (χ4v) is 5.54. The summed E-state index contributed by atoms with van der Waals surface area (Å²) in [6, 6.07) is 8.51. The van der Waals surface area contributed by atoms with Gasteiger partial charge in [-0.3, -0.25) is 19.4 Å². The zero-order valence-corrected chi connectivity index (χ0v) is 20.3. The monoisotopic (exact) mass is 466 g/mol. The Bertz CT molecular complexity index is 886. The maximum atomic E-state index is 11.9. The second kappa shape index (κ2) is 11.6. The van der Waals surface area contributed by atoms with E-state index in [1.54, 1.807) is 4.90 Å². The molecule has 2 fully saturated rings. The number of rotatable bonds is 11. The summed E-state index contributed by atoms with van der Waals surface area (Å²) in [6.45, 7) is 3.89. The van der Waals surface area contributed by atoms with Gasteiger partial charge in [-0.1, -0.05) is 31.4 Å². The summed E-state index contributed by atoms with van der Waals surface area (Å²) in [7, 11) is 2.05. The predicted octanol–water partition coefficient (Wildman–Crippen LogP) is 4.00. The van der Waals surface area contributed by atoms with Crippen molar-refractivity contribution in [3.8, 4) is 0 Å². The van der Waals surface area contributed by atoms with Crippen molar-refractivity contribution in [1.29, 1.82) is 0 Å². The molecule has 0 radical (unpaired) electrons. The van der Waals surface area contributed by atoms with Crippen LogP contribution in [0.15, 0.2) is 41.2 Å². The Morgan fingerprint density at radius 3 is 2.56 bits per heavy atom. The molecule has 1 saturated heterocycles. The molecule has 1 unspecified atom stereocenters. The average Bonchev–Trinajstić information content (AvgIpc) is 2.84. The summed E-state index contributed by atoms with van der Waals surface area (Å²) in [4.78, 5) is 33.4. The Hall–Kier alpha value is -2.67. The quantitative estimate of drug-likeness (QED) is 0.499. The summed E-state index contributed by atoms with van der Waals surface area (Å²) in [5.41, 5.74) is 2.35. The third kappa shape index (κ3) is 6.47. The van der Waals surface area contributed by atoms with Crippen molar-refractivity contribution < 1.29 is 14.7 Å². The van der Waals surface area contributed by atoms with Gasteiger partial charge in [-0.15, -0.1) is 0 Å². The molecular formula is C27H38N4O3. The van der Waals surface area contributed by atoms with E-state index in [9.17, 15) is 9.59 Å². The number of amides is 1. The number of benzene rings is 1. The number of carboxylic acids is 1. The molecule has 3 aliphatic rings. The zero-order valence-electron chi connectivity index (χ0n) is 20.3. The lowest BCUT2D eigenvalue weighted by molar-refractivity contribution is -0.139. The smallest absolute Gasteiger partial charge is 0.303 e. The van der Waals surface area contributed by atoms with E-state index in [-0.39, 0.29) is 12.3 Å². The van der Waals surface area contributed by atoms with E-state index >= 15 is 0 Å². The molecule has 7 nitrogen and oxygen atoms in total. The van der Waals surface area contributed by atoms with E-state index in [0.29, 0.717) is 12.5 Å². The number of carboxylic acid groups (broad SMARTS) is 1. The first-order valence-electron chi connectivity index (χ1n) is 12.7. The Labute approximate surface area is 203 Å². The van der Waals surface area contributed by atoms with Crippen molar-refractivity contribution in [2.75, 3.05) is 38.1 Å². The molecule has 184 valence electrons. The molecule has 2 heterocycles. The standard InChI is InChI=1S/C27H38N4O3/c1-29(25-9-7-21(8-10-25)17-30-18-22(19-30)15-27(33)34)13-14-31(20-32)26-16-24(11-12-28-26)23-5-3-2-4-6-23/h7-10,12,16,20,22-24H,2-6,11,13-15,17-19H2,1H3,(H,33,34). The molecule has 0 aromatic heterocycles. The summed E-state index contributed by atoms with van der Waals surface area (Å²) in [5.74, 6) is 1.61. The van der Waals surface area contributed by atoms with Crippen LogP contribution in [0.2, 0.25) is 0 Å². The lowest BCUT2D eigenvalue weighted by Crippen LogP contribution is -2.46. The largest absolute Gasteiger partial charge is 0.481 e. The molecule has 1 N–H and O–H groups in total. The van der Waals surface area contributed by atoms with Gasteiger partial charge in [0.15, 0.2) is 0 Å². The number of aliphatic carboxylic acids is 1. The molecule has 1 aromatic rings. The van der Waals surface area contributed by atoms with Crippen molar-refractivity contribution >= 4 is 24.3 Å². The summed E-state index contributed by atoms with van der Waals surface area (Å²) < 4.78 is 0. The van der Waals surface area contributed by atoms with Crippen molar-refractivity contribution in [3.63, 3.8) is 0 Å². The second-order valence-corrected chi connectivity index (χ2v) is 10.2. The van der Waals surface area contributed by atoms with Crippen LogP contribution in [0.1, 0.15) is 50.5 Å². The minimum atomic E-state index is -0.708. The van der Waals surface area contributed by atoms with E-state index in [1.807, 2.05) is 13.3 Å². The number of carbonyl (C=O) groups excluding carboxylic acids is 1. The van der Waals surface area contributed by atoms with Gasteiger partial charge in [0.05, 0.1) is 6.42 Å². The van der Waals surface area contributed by atoms with Gasteiger partial charge < -0.3 is 10.0 Å². The Morgan fingerprint density at radius 1 is 1.15 bits per heavy atom. The summed E-state index contributed by atoms with van der Waals surface area (Å²) >= 11 is 0. The first-order valence-corrected chi connectivity index (χ1v) is 12.7. The van der Waals surface area contributed by atoms with Gasteiger partial charge in [-0.05, 0) is 60.8 Å². The van der Waals surface area contributed by atoms with E-state index in [4.69, 9.17) is 5.11 Å². The third-order valence-electron chi connectivity index (χ3n) is 7.60. The highest BCUT2D eigenvalue weighted by Gasteiger charge is 2.28.